The summed E-state index contributed by atoms with van der Waals surface area (Å²) in [7, 11) is -0.0492. The zero-order valence-corrected chi connectivity index (χ0v) is 9.54. The summed E-state index contributed by atoms with van der Waals surface area (Å²) >= 11 is 0. The number of cyclic esters (lactones) is 2. The van der Waals surface area contributed by atoms with E-state index in [1.54, 1.807) is 6.92 Å². The first kappa shape index (κ1) is 11.4. The van der Waals surface area contributed by atoms with E-state index in [4.69, 9.17) is 9.47 Å². The van der Waals surface area contributed by atoms with Crippen LogP contribution in [0.4, 0.5) is 4.79 Å². The SMILES string of the molecule is C[SH](C)/C=C/COC1(C)COC(=O)O1. The molecule has 1 aliphatic rings. The molecule has 1 heterocycles. The van der Waals surface area contributed by atoms with Crippen molar-refractivity contribution < 1.29 is 19.0 Å². The lowest BCUT2D eigenvalue weighted by molar-refractivity contribution is -0.157. The number of carbonyl (C=O) groups excluding carboxylic acids is 1. The van der Waals surface area contributed by atoms with Crippen molar-refractivity contribution in [2.24, 2.45) is 0 Å². The minimum Gasteiger partial charge on any atom is -0.427 e. The molecule has 5 heteroatoms. The van der Waals surface area contributed by atoms with E-state index >= 15 is 0 Å². The first-order valence-corrected chi connectivity index (χ1v) is 6.65. The van der Waals surface area contributed by atoms with E-state index in [-0.39, 0.29) is 17.5 Å². The van der Waals surface area contributed by atoms with Crippen LogP contribution in [0.25, 0.3) is 0 Å². The van der Waals surface area contributed by atoms with Gasteiger partial charge in [0, 0.05) is 6.92 Å². The van der Waals surface area contributed by atoms with Gasteiger partial charge < -0.3 is 14.2 Å². The molecule has 0 aliphatic carbocycles. The van der Waals surface area contributed by atoms with Crippen LogP contribution >= 0.6 is 10.9 Å². The third-order valence-electron chi connectivity index (χ3n) is 1.64. The summed E-state index contributed by atoms with van der Waals surface area (Å²) < 4.78 is 14.9. The Morgan fingerprint density at radius 3 is 2.86 bits per heavy atom. The molecular weight excluding hydrogens is 204 g/mol. The van der Waals surface area contributed by atoms with Gasteiger partial charge in [-0.25, -0.2) is 15.7 Å². The van der Waals surface area contributed by atoms with Crippen molar-refractivity contribution in [1.82, 2.24) is 0 Å². The second-order valence-corrected chi connectivity index (χ2v) is 5.66. The van der Waals surface area contributed by atoms with Crippen LogP contribution in [0.2, 0.25) is 0 Å². The van der Waals surface area contributed by atoms with Crippen LogP contribution in [0.15, 0.2) is 11.5 Å². The molecular formula is C9H16O4S. The van der Waals surface area contributed by atoms with E-state index in [1.165, 1.54) is 0 Å². The lowest BCUT2D eigenvalue weighted by atomic mass is 10.3. The van der Waals surface area contributed by atoms with Gasteiger partial charge in [-0.3, -0.25) is 0 Å². The number of rotatable bonds is 4. The first-order chi connectivity index (χ1) is 6.52. The van der Waals surface area contributed by atoms with Crippen LogP contribution < -0.4 is 0 Å². The van der Waals surface area contributed by atoms with E-state index in [0.29, 0.717) is 6.61 Å². The largest absolute Gasteiger partial charge is 0.511 e. The van der Waals surface area contributed by atoms with Gasteiger partial charge in [-0.2, -0.15) is 0 Å². The van der Waals surface area contributed by atoms with Crippen molar-refractivity contribution in [2.75, 3.05) is 25.7 Å². The maximum Gasteiger partial charge on any atom is 0.511 e. The molecule has 0 amide bonds. The molecule has 1 saturated heterocycles. The molecule has 1 aliphatic heterocycles. The van der Waals surface area contributed by atoms with Crippen molar-refractivity contribution in [2.45, 2.75) is 12.7 Å². The molecule has 0 aromatic carbocycles. The van der Waals surface area contributed by atoms with Crippen LogP contribution in [-0.2, 0) is 14.2 Å². The summed E-state index contributed by atoms with van der Waals surface area (Å²) in [5.74, 6) is -0.911. The quantitative estimate of drug-likeness (QED) is 0.578. The standard InChI is InChI=1S/C9H16O4S/c1-9(7-11-8(10)13-9)12-5-4-6-14(2)3/h4,6,14H,5,7H2,1-3H3/b6-4+. The van der Waals surface area contributed by atoms with Gasteiger partial charge in [0.05, 0.1) is 6.61 Å². The normalized spacial score (nSPS) is 27.6. The highest BCUT2D eigenvalue weighted by Gasteiger charge is 2.38. The van der Waals surface area contributed by atoms with Gasteiger partial charge in [-0.05, 0) is 12.5 Å². The molecule has 1 fully saturated rings. The van der Waals surface area contributed by atoms with Gasteiger partial charge in [-0.1, -0.05) is 11.5 Å². The summed E-state index contributed by atoms with van der Waals surface area (Å²) in [6.07, 6.45) is 5.56. The molecule has 0 saturated carbocycles. The van der Waals surface area contributed by atoms with Gasteiger partial charge in [0.2, 0.25) is 5.79 Å². The number of hydrogen-bond acceptors (Lipinski definition) is 4. The highest BCUT2D eigenvalue weighted by atomic mass is 32.2. The Kier molecular flexibility index (Phi) is 3.83. The lowest BCUT2D eigenvalue weighted by Gasteiger charge is -2.18. The van der Waals surface area contributed by atoms with Gasteiger partial charge in [-0.15, -0.1) is 0 Å². The Hall–Kier alpha value is -0.680. The molecule has 82 valence electrons. The Labute approximate surface area is 86.6 Å². The monoisotopic (exact) mass is 220 g/mol. The molecule has 1 atom stereocenters. The molecule has 0 spiro atoms. The van der Waals surface area contributed by atoms with Gasteiger partial charge >= 0.3 is 6.16 Å². The molecule has 0 aromatic rings. The third kappa shape index (κ3) is 3.59. The second kappa shape index (κ2) is 4.70. The lowest BCUT2D eigenvalue weighted by Crippen LogP contribution is -2.31. The topological polar surface area (TPSA) is 44.8 Å². The summed E-state index contributed by atoms with van der Waals surface area (Å²) in [6, 6.07) is 0. The summed E-state index contributed by atoms with van der Waals surface area (Å²) in [4.78, 5) is 10.7. The van der Waals surface area contributed by atoms with Crippen molar-refractivity contribution in [3.05, 3.63) is 11.5 Å². The third-order valence-corrected chi connectivity index (χ3v) is 2.45. The van der Waals surface area contributed by atoms with Crippen molar-refractivity contribution in [3.63, 3.8) is 0 Å². The fourth-order valence-electron chi connectivity index (χ4n) is 0.975. The summed E-state index contributed by atoms with van der Waals surface area (Å²) in [5.41, 5.74) is 0. The van der Waals surface area contributed by atoms with E-state index in [9.17, 15) is 4.79 Å². The molecule has 14 heavy (non-hydrogen) atoms. The predicted octanol–water partition coefficient (Wildman–Crippen LogP) is 1.66. The minimum absolute atomic E-state index is 0.0492. The van der Waals surface area contributed by atoms with E-state index < -0.39 is 11.9 Å². The first-order valence-electron chi connectivity index (χ1n) is 4.35. The number of hydrogen-bond donors (Lipinski definition) is 1. The minimum atomic E-state index is -0.911. The second-order valence-electron chi connectivity index (χ2n) is 3.43. The van der Waals surface area contributed by atoms with E-state index in [2.05, 4.69) is 22.7 Å². The average Bonchev–Trinajstić information content (AvgIpc) is 2.41. The van der Waals surface area contributed by atoms with Crippen LogP contribution in [0.3, 0.4) is 0 Å². The van der Waals surface area contributed by atoms with E-state index in [1.807, 2.05) is 6.08 Å². The van der Waals surface area contributed by atoms with Crippen LogP contribution in [0.1, 0.15) is 6.92 Å². The zero-order chi connectivity index (χ0) is 10.6. The number of ether oxygens (including phenoxy) is 3. The molecule has 1 rings (SSSR count). The fourth-order valence-corrected chi connectivity index (χ4v) is 1.48. The average molecular weight is 220 g/mol. The Balaban J connectivity index is 2.27. The van der Waals surface area contributed by atoms with Crippen LogP contribution in [0.5, 0.6) is 0 Å². The van der Waals surface area contributed by atoms with Gasteiger partial charge in [0.1, 0.15) is 0 Å². The Morgan fingerprint density at radius 1 is 1.64 bits per heavy atom. The van der Waals surface area contributed by atoms with Crippen molar-refractivity contribution in [1.29, 1.82) is 0 Å². The summed E-state index contributed by atoms with van der Waals surface area (Å²) in [5, 5.41) is 2.09. The highest BCUT2D eigenvalue weighted by molar-refractivity contribution is 8.18. The zero-order valence-electron chi connectivity index (χ0n) is 8.65. The van der Waals surface area contributed by atoms with Gasteiger partial charge in [0.15, 0.2) is 6.61 Å². The smallest absolute Gasteiger partial charge is 0.427 e. The Bertz CT molecular complexity index is 239. The van der Waals surface area contributed by atoms with Crippen LogP contribution in [-0.4, -0.2) is 37.7 Å². The van der Waals surface area contributed by atoms with Crippen molar-refractivity contribution >= 4 is 17.1 Å². The maximum atomic E-state index is 10.7. The highest BCUT2D eigenvalue weighted by Crippen LogP contribution is 2.21. The van der Waals surface area contributed by atoms with Crippen LogP contribution in [0, 0.1) is 0 Å². The molecule has 1 unspecified atom stereocenters. The van der Waals surface area contributed by atoms with E-state index in [0.717, 1.165) is 0 Å². The molecule has 0 aromatic heterocycles. The Morgan fingerprint density at radius 2 is 2.36 bits per heavy atom. The number of carbonyl (C=O) groups is 1. The van der Waals surface area contributed by atoms with Crippen molar-refractivity contribution in [3.8, 4) is 0 Å². The molecule has 0 bridgehead atoms. The molecule has 0 N–H and O–H groups in total. The maximum absolute atomic E-state index is 10.7. The van der Waals surface area contributed by atoms with Gasteiger partial charge in [0.25, 0.3) is 0 Å². The summed E-state index contributed by atoms with van der Waals surface area (Å²) in [6.45, 7) is 2.28. The molecule has 4 nitrogen and oxygen atoms in total. The predicted molar refractivity (Wildman–Crippen MR) is 56.8 cm³/mol. The fraction of sp³-hybridized carbons (Fsp3) is 0.667. The molecule has 0 radical (unpaired) electrons. The number of thiol groups is 1.